The largest absolute Gasteiger partial charge is 0.350 e. The molecule has 0 aliphatic heterocycles. The third kappa shape index (κ3) is 5.21. The summed E-state index contributed by atoms with van der Waals surface area (Å²) in [6, 6.07) is 7.41. The molecule has 0 aromatic heterocycles. The van der Waals surface area contributed by atoms with Crippen LogP contribution in [-0.2, 0) is 4.79 Å². The number of carbonyl (C=O) groups is 1. The first-order valence-corrected chi connectivity index (χ1v) is 6.91. The Labute approximate surface area is 120 Å². The molecule has 4 heteroatoms. The number of amides is 1. The van der Waals surface area contributed by atoms with E-state index < -0.39 is 0 Å². The van der Waals surface area contributed by atoms with Crippen molar-refractivity contribution in [3.05, 3.63) is 34.9 Å². The summed E-state index contributed by atoms with van der Waals surface area (Å²) in [5.41, 5.74) is 0.778. The van der Waals surface area contributed by atoms with Gasteiger partial charge in [-0.1, -0.05) is 29.8 Å². The molecule has 1 amide bonds. The lowest BCUT2D eigenvalue weighted by molar-refractivity contribution is -0.124. The minimum atomic E-state index is -0.273. The smallest absolute Gasteiger partial charge is 0.237 e. The maximum absolute atomic E-state index is 12.0. The fourth-order valence-corrected chi connectivity index (χ4v) is 2.14. The van der Waals surface area contributed by atoms with Gasteiger partial charge in [0.2, 0.25) is 5.91 Å². The molecule has 0 spiro atoms. The predicted octanol–water partition coefficient (Wildman–Crippen LogP) is 3.29. The number of hydrogen-bond acceptors (Lipinski definition) is 2. The first kappa shape index (κ1) is 16.0. The summed E-state index contributed by atoms with van der Waals surface area (Å²) in [6.45, 7) is 9.76. The van der Waals surface area contributed by atoms with Gasteiger partial charge < -0.3 is 5.32 Å². The zero-order valence-corrected chi connectivity index (χ0v) is 13.0. The Morgan fingerprint density at radius 2 is 1.79 bits per heavy atom. The highest BCUT2D eigenvalue weighted by molar-refractivity contribution is 6.31. The van der Waals surface area contributed by atoms with Gasteiger partial charge in [0.25, 0.3) is 0 Å². The van der Waals surface area contributed by atoms with Crippen LogP contribution < -0.4 is 10.6 Å². The molecule has 2 N–H and O–H groups in total. The third-order valence-corrected chi connectivity index (χ3v) is 3.11. The van der Waals surface area contributed by atoms with E-state index in [0.29, 0.717) is 5.02 Å². The molecule has 0 heterocycles. The molecule has 0 fully saturated rings. The summed E-state index contributed by atoms with van der Waals surface area (Å²) >= 11 is 6.15. The van der Waals surface area contributed by atoms with Crippen LogP contribution in [0.3, 0.4) is 0 Å². The highest BCUT2D eigenvalue weighted by Gasteiger charge is 2.21. The molecule has 2 atom stereocenters. The van der Waals surface area contributed by atoms with Gasteiger partial charge >= 0.3 is 0 Å². The van der Waals surface area contributed by atoms with Crippen molar-refractivity contribution in [1.82, 2.24) is 10.6 Å². The molecule has 0 saturated heterocycles. The van der Waals surface area contributed by atoms with Crippen LogP contribution in [0.25, 0.3) is 0 Å². The zero-order valence-electron chi connectivity index (χ0n) is 12.3. The van der Waals surface area contributed by atoms with E-state index in [1.165, 1.54) is 0 Å². The predicted molar refractivity (Wildman–Crippen MR) is 80.4 cm³/mol. The minimum Gasteiger partial charge on any atom is -0.350 e. The van der Waals surface area contributed by atoms with E-state index in [1.54, 1.807) is 0 Å². The number of hydrogen-bond donors (Lipinski definition) is 2. The van der Waals surface area contributed by atoms with Gasteiger partial charge in [-0.25, -0.2) is 0 Å². The Morgan fingerprint density at radius 1 is 1.21 bits per heavy atom. The lowest BCUT2D eigenvalue weighted by Gasteiger charge is -2.26. The summed E-state index contributed by atoms with van der Waals surface area (Å²) < 4.78 is 0. The average molecular weight is 283 g/mol. The van der Waals surface area contributed by atoms with Gasteiger partial charge in [0.05, 0.1) is 6.04 Å². The van der Waals surface area contributed by atoms with Gasteiger partial charge in [0.15, 0.2) is 0 Å². The molecule has 1 aromatic rings. The van der Waals surface area contributed by atoms with Crippen molar-refractivity contribution >= 4 is 17.5 Å². The third-order valence-electron chi connectivity index (χ3n) is 2.76. The maximum Gasteiger partial charge on any atom is 0.237 e. The molecule has 19 heavy (non-hydrogen) atoms. The van der Waals surface area contributed by atoms with Crippen molar-refractivity contribution in [1.29, 1.82) is 0 Å². The van der Waals surface area contributed by atoms with Gasteiger partial charge in [-0.05, 0) is 46.2 Å². The minimum absolute atomic E-state index is 0.00796. The van der Waals surface area contributed by atoms with E-state index in [9.17, 15) is 4.79 Å². The van der Waals surface area contributed by atoms with Gasteiger partial charge in [-0.3, -0.25) is 10.1 Å². The molecular weight excluding hydrogens is 260 g/mol. The quantitative estimate of drug-likeness (QED) is 0.890. The van der Waals surface area contributed by atoms with E-state index in [2.05, 4.69) is 10.6 Å². The second-order valence-corrected chi connectivity index (χ2v) is 6.28. The number of halogens is 1. The van der Waals surface area contributed by atoms with Gasteiger partial charge in [-0.2, -0.15) is 0 Å². The van der Waals surface area contributed by atoms with Crippen molar-refractivity contribution in [2.45, 2.75) is 52.2 Å². The molecular formula is C15H23ClN2O. The topological polar surface area (TPSA) is 41.1 Å². The van der Waals surface area contributed by atoms with Crippen molar-refractivity contribution in [2.75, 3.05) is 0 Å². The van der Waals surface area contributed by atoms with Crippen LogP contribution in [0.15, 0.2) is 24.3 Å². The number of rotatable bonds is 4. The second kappa shape index (κ2) is 6.40. The maximum atomic E-state index is 12.0. The summed E-state index contributed by atoms with van der Waals surface area (Å²) in [5, 5.41) is 6.93. The van der Waals surface area contributed by atoms with E-state index in [4.69, 9.17) is 11.6 Å². The monoisotopic (exact) mass is 282 g/mol. The van der Waals surface area contributed by atoms with E-state index in [-0.39, 0.29) is 23.5 Å². The molecule has 0 aliphatic carbocycles. The van der Waals surface area contributed by atoms with Crippen LogP contribution in [0, 0.1) is 0 Å². The van der Waals surface area contributed by atoms with Crippen LogP contribution >= 0.6 is 11.6 Å². The average Bonchev–Trinajstić information content (AvgIpc) is 2.27. The molecule has 1 rings (SSSR count). The zero-order chi connectivity index (χ0) is 14.6. The summed E-state index contributed by atoms with van der Waals surface area (Å²) in [6.07, 6.45) is 0. The van der Waals surface area contributed by atoms with E-state index in [0.717, 1.165) is 5.56 Å². The van der Waals surface area contributed by atoms with Crippen molar-refractivity contribution in [2.24, 2.45) is 0 Å². The van der Waals surface area contributed by atoms with Crippen molar-refractivity contribution in [3.63, 3.8) is 0 Å². The molecule has 0 bridgehead atoms. The first-order valence-electron chi connectivity index (χ1n) is 6.53. The van der Waals surface area contributed by atoms with Crippen LogP contribution in [0.4, 0.5) is 0 Å². The summed E-state index contributed by atoms with van der Waals surface area (Å²) in [4.78, 5) is 12.0. The lowest BCUT2D eigenvalue weighted by atomic mass is 10.1. The number of nitrogens with one attached hydrogen (secondary N) is 2. The van der Waals surface area contributed by atoms with Crippen LogP contribution in [0.1, 0.15) is 46.2 Å². The van der Waals surface area contributed by atoms with Crippen LogP contribution in [0.5, 0.6) is 0 Å². The standard InChI is InChI=1S/C15H23ClN2O/c1-10(12-8-6-7-9-13(12)16)17-11(2)14(19)18-15(3,4)5/h6-11,17H,1-5H3,(H,18,19)/t10-,11-/m1/s1. The van der Waals surface area contributed by atoms with Gasteiger partial charge in [-0.15, -0.1) is 0 Å². The summed E-state index contributed by atoms with van der Waals surface area (Å²) in [7, 11) is 0. The van der Waals surface area contributed by atoms with Crippen molar-refractivity contribution < 1.29 is 4.79 Å². The highest BCUT2D eigenvalue weighted by atomic mass is 35.5. The molecule has 106 valence electrons. The molecule has 0 aliphatic rings. The SMILES string of the molecule is C[C@@H](N[C@H](C)c1ccccc1Cl)C(=O)NC(C)(C)C. The fraction of sp³-hybridized carbons (Fsp3) is 0.533. The Morgan fingerprint density at radius 3 is 2.32 bits per heavy atom. The molecule has 0 saturated carbocycles. The Balaban J connectivity index is 2.64. The number of carbonyl (C=O) groups excluding carboxylic acids is 1. The second-order valence-electron chi connectivity index (χ2n) is 5.87. The van der Waals surface area contributed by atoms with Crippen LogP contribution in [-0.4, -0.2) is 17.5 Å². The molecule has 0 radical (unpaired) electrons. The van der Waals surface area contributed by atoms with Crippen LogP contribution in [0.2, 0.25) is 5.02 Å². The number of benzene rings is 1. The fourth-order valence-electron chi connectivity index (χ4n) is 1.84. The molecule has 1 aromatic carbocycles. The lowest BCUT2D eigenvalue weighted by Crippen LogP contribution is -2.50. The first-order chi connectivity index (χ1) is 8.70. The highest BCUT2D eigenvalue weighted by Crippen LogP contribution is 2.22. The van der Waals surface area contributed by atoms with E-state index >= 15 is 0 Å². The van der Waals surface area contributed by atoms with Crippen molar-refractivity contribution in [3.8, 4) is 0 Å². The Hall–Kier alpha value is -1.06. The Bertz CT molecular complexity index is 440. The summed E-state index contributed by atoms with van der Waals surface area (Å²) in [5.74, 6) is -0.00796. The normalized spacial score (nSPS) is 14.8. The molecule has 3 nitrogen and oxygen atoms in total. The van der Waals surface area contributed by atoms with Gasteiger partial charge in [0, 0.05) is 16.6 Å². The van der Waals surface area contributed by atoms with E-state index in [1.807, 2.05) is 58.9 Å². The Kier molecular flexibility index (Phi) is 5.39. The molecule has 0 unspecified atom stereocenters. The van der Waals surface area contributed by atoms with Gasteiger partial charge in [0.1, 0.15) is 0 Å².